The fraction of sp³-hybridized carbons (Fsp3) is 0.480. The summed E-state index contributed by atoms with van der Waals surface area (Å²) in [4.78, 5) is 23.2. The molecule has 1 aliphatic carbocycles. The number of pyridine rings is 1. The molecule has 1 aliphatic rings. The second-order valence-corrected chi connectivity index (χ2v) is 8.30. The van der Waals surface area contributed by atoms with E-state index in [1.54, 1.807) is 11.1 Å². The third-order valence-electron chi connectivity index (χ3n) is 5.41. The summed E-state index contributed by atoms with van der Waals surface area (Å²) in [5.41, 5.74) is 3.20. The third kappa shape index (κ3) is 9.57. The number of benzene rings is 1. The molecule has 2 aromatic rings. The Hall–Kier alpha value is -2.36. The molecule has 33 heavy (non-hydrogen) atoms. The first-order valence-corrected chi connectivity index (χ1v) is 11.4. The van der Waals surface area contributed by atoms with Crippen molar-refractivity contribution in [2.75, 3.05) is 33.3 Å². The Morgan fingerprint density at radius 3 is 2.76 bits per heavy atom. The number of amides is 1. The van der Waals surface area contributed by atoms with Gasteiger partial charge >= 0.3 is 0 Å². The Labute approximate surface area is 214 Å². The van der Waals surface area contributed by atoms with E-state index in [0.717, 1.165) is 30.0 Å². The molecule has 0 spiro atoms. The monoisotopic (exact) mass is 565 g/mol. The molecule has 1 fully saturated rings. The van der Waals surface area contributed by atoms with Crippen LogP contribution in [-0.2, 0) is 17.8 Å². The van der Waals surface area contributed by atoms with Crippen molar-refractivity contribution in [1.82, 2.24) is 20.5 Å². The Morgan fingerprint density at radius 1 is 1.24 bits per heavy atom. The fourth-order valence-electron chi connectivity index (χ4n) is 3.17. The van der Waals surface area contributed by atoms with Crippen LogP contribution in [-0.4, -0.2) is 55.0 Å². The molecule has 1 saturated carbocycles. The van der Waals surface area contributed by atoms with E-state index in [0.29, 0.717) is 31.5 Å². The fourth-order valence-corrected chi connectivity index (χ4v) is 3.17. The standard InChI is InChI=1S/C25H35N5O2.HI/c1-4-26-25(29-17-24(31)30(3)14-12-22-7-5-6-13-27-22)28-16-21-11-8-19(2)15-23(21)32-18-20-9-10-20;/h5-8,11,13,15,20H,4,9-10,12,14,16-18H2,1-3H3,(H2,26,28,29);1H. The number of halogens is 1. The Morgan fingerprint density at radius 2 is 2.06 bits per heavy atom. The topological polar surface area (TPSA) is 78.9 Å². The largest absolute Gasteiger partial charge is 0.493 e. The van der Waals surface area contributed by atoms with Gasteiger partial charge in [0.05, 0.1) is 19.7 Å². The van der Waals surface area contributed by atoms with Crippen molar-refractivity contribution >= 4 is 35.8 Å². The molecule has 1 aromatic carbocycles. The zero-order valence-corrected chi connectivity index (χ0v) is 22.2. The lowest BCUT2D eigenvalue weighted by atomic mass is 10.1. The quantitative estimate of drug-likeness (QED) is 0.248. The average Bonchev–Trinajstić information content (AvgIpc) is 3.63. The first kappa shape index (κ1) is 26.9. The molecule has 1 amide bonds. The number of hydrogen-bond acceptors (Lipinski definition) is 4. The van der Waals surface area contributed by atoms with Gasteiger partial charge in [0.1, 0.15) is 5.75 Å². The van der Waals surface area contributed by atoms with Gasteiger partial charge in [-0.05, 0) is 56.4 Å². The summed E-state index contributed by atoms with van der Waals surface area (Å²) in [5.74, 6) is 2.23. The minimum Gasteiger partial charge on any atom is -0.493 e. The zero-order valence-electron chi connectivity index (χ0n) is 19.8. The molecule has 180 valence electrons. The first-order chi connectivity index (χ1) is 15.5. The SMILES string of the molecule is CCNC(=NCc1ccc(C)cc1OCC1CC1)NCC(=O)N(C)CCc1ccccn1.I. The number of aryl methyl sites for hydroxylation is 1. The number of carbonyl (C=O) groups excluding carboxylic acids is 1. The smallest absolute Gasteiger partial charge is 0.241 e. The van der Waals surface area contributed by atoms with Crippen LogP contribution in [0.4, 0.5) is 0 Å². The summed E-state index contributed by atoms with van der Waals surface area (Å²) in [6, 6.07) is 12.0. The molecule has 0 saturated heterocycles. The molecular weight excluding hydrogens is 529 g/mol. The second-order valence-electron chi connectivity index (χ2n) is 8.30. The van der Waals surface area contributed by atoms with Crippen LogP contribution in [0.25, 0.3) is 0 Å². The van der Waals surface area contributed by atoms with Gasteiger partial charge in [-0.3, -0.25) is 9.78 Å². The van der Waals surface area contributed by atoms with E-state index >= 15 is 0 Å². The van der Waals surface area contributed by atoms with Crippen LogP contribution in [0.2, 0.25) is 0 Å². The average molecular weight is 566 g/mol. The molecule has 1 aromatic heterocycles. The normalized spacial score (nSPS) is 13.1. The summed E-state index contributed by atoms with van der Waals surface area (Å²) in [7, 11) is 1.81. The highest BCUT2D eigenvalue weighted by Crippen LogP contribution is 2.30. The number of rotatable bonds is 11. The van der Waals surface area contributed by atoms with E-state index in [1.807, 2.05) is 32.2 Å². The van der Waals surface area contributed by atoms with Crippen molar-refractivity contribution in [2.24, 2.45) is 10.9 Å². The van der Waals surface area contributed by atoms with E-state index in [1.165, 1.54) is 18.4 Å². The van der Waals surface area contributed by atoms with Gasteiger partial charge in [0, 0.05) is 44.0 Å². The summed E-state index contributed by atoms with van der Waals surface area (Å²) in [6.45, 7) is 6.86. The van der Waals surface area contributed by atoms with Crippen molar-refractivity contribution in [1.29, 1.82) is 0 Å². The predicted octanol–water partition coefficient (Wildman–Crippen LogP) is 3.55. The van der Waals surface area contributed by atoms with Gasteiger partial charge in [-0.25, -0.2) is 4.99 Å². The van der Waals surface area contributed by atoms with E-state index in [-0.39, 0.29) is 36.4 Å². The Balaban J connectivity index is 0.00000385. The van der Waals surface area contributed by atoms with Gasteiger partial charge in [0.2, 0.25) is 5.91 Å². The lowest BCUT2D eigenvalue weighted by Gasteiger charge is -2.18. The van der Waals surface area contributed by atoms with Gasteiger partial charge in [-0.1, -0.05) is 18.2 Å². The second kappa shape index (κ2) is 14.0. The molecule has 3 rings (SSSR count). The summed E-state index contributed by atoms with van der Waals surface area (Å²) >= 11 is 0. The van der Waals surface area contributed by atoms with Gasteiger partial charge in [0.15, 0.2) is 5.96 Å². The third-order valence-corrected chi connectivity index (χ3v) is 5.41. The van der Waals surface area contributed by atoms with Crippen LogP contribution in [0.1, 0.15) is 36.6 Å². The van der Waals surface area contributed by atoms with E-state index in [2.05, 4.69) is 45.7 Å². The molecule has 2 N–H and O–H groups in total. The predicted molar refractivity (Wildman–Crippen MR) is 143 cm³/mol. The molecule has 0 aliphatic heterocycles. The van der Waals surface area contributed by atoms with Crippen molar-refractivity contribution in [2.45, 2.75) is 39.7 Å². The van der Waals surface area contributed by atoms with Crippen LogP contribution >= 0.6 is 24.0 Å². The molecular formula is C25H36IN5O2. The highest BCUT2D eigenvalue weighted by Gasteiger charge is 2.22. The van der Waals surface area contributed by atoms with Gasteiger partial charge < -0.3 is 20.3 Å². The van der Waals surface area contributed by atoms with Crippen LogP contribution in [0.3, 0.4) is 0 Å². The number of nitrogens with zero attached hydrogens (tertiary/aromatic N) is 3. The number of aromatic nitrogens is 1. The van der Waals surface area contributed by atoms with Gasteiger partial charge in [-0.15, -0.1) is 24.0 Å². The summed E-state index contributed by atoms with van der Waals surface area (Å²) < 4.78 is 6.05. The number of carbonyl (C=O) groups is 1. The minimum atomic E-state index is 0. The van der Waals surface area contributed by atoms with Crippen molar-refractivity contribution in [3.8, 4) is 5.75 Å². The minimum absolute atomic E-state index is 0. The van der Waals surface area contributed by atoms with Crippen LogP contribution < -0.4 is 15.4 Å². The van der Waals surface area contributed by atoms with Crippen LogP contribution in [0.15, 0.2) is 47.6 Å². The van der Waals surface area contributed by atoms with Crippen molar-refractivity contribution in [3.63, 3.8) is 0 Å². The molecule has 0 radical (unpaired) electrons. The van der Waals surface area contributed by atoms with E-state index in [9.17, 15) is 4.79 Å². The maximum absolute atomic E-state index is 12.5. The molecule has 0 unspecified atom stereocenters. The number of guanidine groups is 1. The molecule has 0 atom stereocenters. The highest BCUT2D eigenvalue weighted by atomic mass is 127. The maximum Gasteiger partial charge on any atom is 0.241 e. The lowest BCUT2D eigenvalue weighted by molar-refractivity contribution is -0.128. The van der Waals surface area contributed by atoms with E-state index in [4.69, 9.17) is 4.74 Å². The number of nitrogens with one attached hydrogen (secondary N) is 2. The van der Waals surface area contributed by atoms with Crippen molar-refractivity contribution in [3.05, 3.63) is 59.4 Å². The molecule has 1 heterocycles. The first-order valence-electron chi connectivity index (χ1n) is 11.4. The number of likely N-dealkylation sites (N-methyl/N-ethyl adjacent to an activating group) is 1. The summed E-state index contributed by atoms with van der Waals surface area (Å²) in [5, 5.41) is 6.37. The summed E-state index contributed by atoms with van der Waals surface area (Å²) in [6.07, 6.45) is 5.03. The van der Waals surface area contributed by atoms with Crippen LogP contribution in [0, 0.1) is 12.8 Å². The Bertz CT molecular complexity index is 903. The zero-order chi connectivity index (χ0) is 22.8. The number of aliphatic imine (C=N–C) groups is 1. The Kier molecular flexibility index (Phi) is 11.4. The van der Waals surface area contributed by atoms with Crippen molar-refractivity contribution < 1.29 is 9.53 Å². The van der Waals surface area contributed by atoms with Gasteiger partial charge in [0.25, 0.3) is 0 Å². The van der Waals surface area contributed by atoms with E-state index < -0.39 is 0 Å². The van der Waals surface area contributed by atoms with Gasteiger partial charge in [-0.2, -0.15) is 0 Å². The number of hydrogen-bond donors (Lipinski definition) is 2. The van der Waals surface area contributed by atoms with Crippen LogP contribution in [0.5, 0.6) is 5.75 Å². The lowest BCUT2D eigenvalue weighted by Crippen LogP contribution is -2.44. The molecule has 8 heteroatoms. The molecule has 7 nitrogen and oxygen atoms in total. The molecule has 0 bridgehead atoms. The highest BCUT2D eigenvalue weighted by molar-refractivity contribution is 14.0. The number of ether oxygens (including phenoxy) is 1. The maximum atomic E-state index is 12.5.